The van der Waals surface area contributed by atoms with E-state index in [1.165, 1.54) is 17.7 Å². The molecule has 29 heavy (non-hydrogen) atoms. The van der Waals surface area contributed by atoms with Crippen molar-refractivity contribution < 1.29 is 26.7 Å². The van der Waals surface area contributed by atoms with Crippen molar-refractivity contribution in [3.8, 4) is 0 Å². The molecule has 0 amide bonds. The highest BCUT2D eigenvalue weighted by Crippen LogP contribution is 2.34. The minimum Gasteiger partial charge on any atom is -0.465 e. The largest absolute Gasteiger partial charge is 0.465 e. The Kier molecular flexibility index (Phi) is 8.49. The molecule has 0 heterocycles. The van der Waals surface area contributed by atoms with E-state index in [0.717, 1.165) is 12.4 Å². The van der Waals surface area contributed by atoms with Gasteiger partial charge in [-0.15, -0.1) is 0 Å². The zero-order valence-electron chi connectivity index (χ0n) is 15.9. The molecule has 0 aromatic heterocycles. The van der Waals surface area contributed by atoms with Gasteiger partial charge in [-0.3, -0.25) is 8.74 Å². The smallest absolute Gasteiger partial charge is 0.397 e. The molecule has 8 heteroatoms. The molecule has 6 nitrogen and oxygen atoms in total. The van der Waals surface area contributed by atoms with Gasteiger partial charge in [-0.25, -0.2) is 4.79 Å². The van der Waals surface area contributed by atoms with Gasteiger partial charge in [0.25, 0.3) is 0 Å². The predicted octanol–water partition coefficient (Wildman–Crippen LogP) is 2.67. The first-order valence-electron chi connectivity index (χ1n) is 8.48. The lowest BCUT2D eigenvalue weighted by molar-refractivity contribution is 0.0602. The molecule has 0 spiro atoms. The van der Waals surface area contributed by atoms with Crippen LogP contribution in [0.2, 0.25) is 0 Å². The van der Waals surface area contributed by atoms with Crippen LogP contribution in [0.3, 0.4) is 0 Å². The Hall–Kier alpha value is -2.57. The number of hydrogen-bond acceptors (Lipinski definition) is 5. The van der Waals surface area contributed by atoms with Crippen molar-refractivity contribution in [2.75, 3.05) is 14.2 Å². The van der Waals surface area contributed by atoms with Crippen LogP contribution in [0.1, 0.15) is 10.4 Å². The monoisotopic (exact) mass is 432 g/mol. The van der Waals surface area contributed by atoms with Gasteiger partial charge in [-0.2, -0.15) is 8.42 Å². The molecule has 0 aliphatic rings. The van der Waals surface area contributed by atoms with Crippen molar-refractivity contribution in [1.82, 2.24) is 0 Å². The second-order valence-electron chi connectivity index (χ2n) is 5.61. The maximum Gasteiger partial charge on any atom is 0.397 e. The molecule has 152 valence electrons. The van der Waals surface area contributed by atoms with Crippen LogP contribution in [-0.2, 0) is 19.3 Å². The predicted molar refractivity (Wildman–Crippen MR) is 115 cm³/mol. The summed E-state index contributed by atoms with van der Waals surface area (Å²) in [5.74, 6) is -0.292. The van der Waals surface area contributed by atoms with Crippen LogP contribution in [0.15, 0.2) is 84.9 Å². The standard InChI is InChI=1S/C20H17O2P.CH4O4S/c1-22-20(21)18-14-8-9-15-19(18)23(16-10-4-2-5-11-16)17-12-6-3-7-13-17;1-5-6(2,3)4/h2-15H,1H3;1H3,(H,2,3,4). The second-order valence-corrected chi connectivity index (χ2v) is 8.98. The molecular formula is C21H21O6PS. The fourth-order valence-corrected chi connectivity index (χ4v) is 4.97. The molecule has 1 N–H and O–H groups in total. The fraction of sp³-hybridized carbons (Fsp3) is 0.0952. The normalized spacial score (nSPS) is 10.8. The second kappa shape index (κ2) is 10.8. The third-order valence-electron chi connectivity index (χ3n) is 3.79. The number of carbonyl (C=O) groups excluding carboxylic acids is 1. The van der Waals surface area contributed by atoms with E-state index in [4.69, 9.17) is 9.29 Å². The van der Waals surface area contributed by atoms with Crippen LogP contribution in [0, 0.1) is 0 Å². The Labute approximate surface area is 171 Å². The fourth-order valence-electron chi connectivity index (χ4n) is 2.53. The van der Waals surface area contributed by atoms with Crippen LogP contribution < -0.4 is 15.9 Å². The van der Waals surface area contributed by atoms with E-state index in [2.05, 4.69) is 28.4 Å². The van der Waals surface area contributed by atoms with E-state index < -0.39 is 18.3 Å². The molecule has 0 saturated heterocycles. The molecule has 3 rings (SSSR count). The maximum absolute atomic E-state index is 12.2. The summed E-state index contributed by atoms with van der Waals surface area (Å²) in [5, 5.41) is 3.45. The zero-order chi connectivity index (χ0) is 21.3. The van der Waals surface area contributed by atoms with E-state index in [1.807, 2.05) is 60.7 Å². The van der Waals surface area contributed by atoms with Crippen molar-refractivity contribution in [2.45, 2.75) is 0 Å². The van der Waals surface area contributed by atoms with Crippen molar-refractivity contribution in [3.05, 3.63) is 90.5 Å². The van der Waals surface area contributed by atoms with E-state index >= 15 is 0 Å². The Morgan fingerprint density at radius 1 is 0.793 bits per heavy atom. The summed E-state index contributed by atoms with van der Waals surface area (Å²) >= 11 is 0. The maximum atomic E-state index is 12.2. The Balaban J connectivity index is 0.000000438. The SMILES string of the molecule is COC(=O)c1ccccc1P(c1ccccc1)c1ccccc1.COS(=O)(=O)O. The molecular weight excluding hydrogens is 411 g/mol. The van der Waals surface area contributed by atoms with Crippen LogP contribution >= 0.6 is 7.92 Å². The third-order valence-corrected chi connectivity index (χ3v) is 6.71. The first-order chi connectivity index (χ1) is 13.9. The summed E-state index contributed by atoms with van der Waals surface area (Å²) in [6.45, 7) is 0. The quantitative estimate of drug-likeness (QED) is 0.379. The van der Waals surface area contributed by atoms with Crippen LogP contribution in [0.5, 0.6) is 0 Å². The summed E-state index contributed by atoms with van der Waals surface area (Å²) in [4.78, 5) is 12.2. The van der Waals surface area contributed by atoms with E-state index in [9.17, 15) is 13.2 Å². The first-order valence-corrected chi connectivity index (χ1v) is 11.2. The number of ether oxygens (including phenoxy) is 1. The summed E-state index contributed by atoms with van der Waals surface area (Å²) in [6.07, 6.45) is 0. The van der Waals surface area contributed by atoms with Gasteiger partial charge in [-0.05, 0) is 29.9 Å². The summed E-state index contributed by atoms with van der Waals surface area (Å²) < 4.78 is 34.7. The van der Waals surface area contributed by atoms with E-state index in [0.29, 0.717) is 5.56 Å². The van der Waals surface area contributed by atoms with Crippen molar-refractivity contribution >= 4 is 40.2 Å². The third kappa shape index (κ3) is 6.76. The van der Waals surface area contributed by atoms with E-state index in [-0.39, 0.29) is 5.97 Å². The van der Waals surface area contributed by atoms with Gasteiger partial charge < -0.3 is 4.74 Å². The highest BCUT2D eigenvalue weighted by Gasteiger charge is 2.22. The molecule has 0 unspecified atom stereocenters. The molecule has 3 aromatic rings. The van der Waals surface area contributed by atoms with Gasteiger partial charge in [0, 0.05) is 0 Å². The average Bonchev–Trinajstić information content (AvgIpc) is 2.75. The lowest BCUT2D eigenvalue weighted by Gasteiger charge is -2.21. The highest BCUT2D eigenvalue weighted by molar-refractivity contribution is 7.81. The van der Waals surface area contributed by atoms with Gasteiger partial charge in [-0.1, -0.05) is 78.9 Å². The number of hydrogen-bond donors (Lipinski definition) is 1. The summed E-state index contributed by atoms with van der Waals surface area (Å²) in [6, 6.07) is 28.3. The minimum absolute atomic E-state index is 0.292. The average molecular weight is 432 g/mol. The zero-order valence-corrected chi connectivity index (χ0v) is 17.6. The van der Waals surface area contributed by atoms with Gasteiger partial charge in [0.1, 0.15) is 0 Å². The number of benzene rings is 3. The first kappa shape index (κ1) is 22.7. The van der Waals surface area contributed by atoms with Crippen LogP contribution in [0.25, 0.3) is 0 Å². The summed E-state index contributed by atoms with van der Waals surface area (Å²) in [5.41, 5.74) is 0.633. The Morgan fingerprint density at radius 3 is 1.62 bits per heavy atom. The molecule has 0 aliphatic heterocycles. The van der Waals surface area contributed by atoms with Gasteiger partial charge in [0.15, 0.2) is 0 Å². The Morgan fingerprint density at radius 2 is 1.21 bits per heavy atom. The lowest BCUT2D eigenvalue weighted by Crippen LogP contribution is -2.25. The Bertz CT molecular complexity index is 984. The molecule has 0 saturated carbocycles. The van der Waals surface area contributed by atoms with Crippen molar-refractivity contribution in [1.29, 1.82) is 0 Å². The van der Waals surface area contributed by atoms with E-state index in [1.54, 1.807) is 0 Å². The number of carbonyl (C=O) groups is 1. The van der Waals surface area contributed by atoms with Crippen LogP contribution in [0.4, 0.5) is 0 Å². The summed E-state index contributed by atoms with van der Waals surface area (Å²) in [7, 11) is -2.67. The number of rotatable bonds is 5. The van der Waals surface area contributed by atoms with Crippen molar-refractivity contribution in [3.63, 3.8) is 0 Å². The number of methoxy groups -OCH3 is 1. The molecule has 0 fully saturated rings. The van der Waals surface area contributed by atoms with Gasteiger partial charge in [0.05, 0.1) is 19.8 Å². The molecule has 0 bridgehead atoms. The van der Waals surface area contributed by atoms with Crippen molar-refractivity contribution in [2.24, 2.45) is 0 Å². The van der Waals surface area contributed by atoms with Crippen LogP contribution in [-0.4, -0.2) is 33.2 Å². The topological polar surface area (TPSA) is 89.9 Å². The molecule has 3 aromatic carbocycles. The van der Waals surface area contributed by atoms with Gasteiger partial charge in [0.2, 0.25) is 0 Å². The highest BCUT2D eigenvalue weighted by atomic mass is 32.3. The molecule has 0 aliphatic carbocycles. The lowest BCUT2D eigenvalue weighted by atomic mass is 10.2. The number of esters is 1. The van der Waals surface area contributed by atoms with Gasteiger partial charge >= 0.3 is 16.4 Å². The molecule has 0 atom stereocenters. The molecule has 0 radical (unpaired) electrons. The minimum atomic E-state index is -4.16.